The van der Waals surface area contributed by atoms with Gasteiger partial charge in [-0.2, -0.15) is 10.5 Å². The molecule has 0 N–H and O–H groups in total. The smallest absolute Gasteiger partial charge is 0.101 e. The molecule has 4 nitrogen and oxygen atoms in total. The molecule has 0 aliphatic carbocycles. The lowest BCUT2D eigenvalue weighted by Gasteiger charge is -2.10. The highest BCUT2D eigenvalue weighted by atomic mass is 32.1. The molecule has 0 spiro atoms. The summed E-state index contributed by atoms with van der Waals surface area (Å²) >= 11 is 1.82. The van der Waals surface area contributed by atoms with E-state index in [9.17, 15) is 10.5 Å². The Labute approximate surface area is 263 Å². The molecule has 3 heterocycles. The topological polar surface area (TPSA) is 73.4 Å². The van der Waals surface area contributed by atoms with Gasteiger partial charge in [0.25, 0.3) is 0 Å². The number of aromatic nitrogens is 2. The van der Waals surface area contributed by atoms with Crippen molar-refractivity contribution in [1.29, 1.82) is 10.5 Å². The normalized spacial score (nSPS) is 11.1. The Hall–Kier alpha value is -6.14. The fraction of sp³-hybridized carbons (Fsp3) is 0. The van der Waals surface area contributed by atoms with Gasteiger partial charge in [0.15, 0.2) is 0 Å². The van der Waals surface area contributed by atoms with Gasteiger partial charge in [-0.1, -0.05) is 84.9 Å². The largest absolute Gasteiger partial charge is 0.263 e. The SMILES string of the molecule is N#Cc1cncc(-c2ccc(-c3ccc4c(c3)sc3cc(-c5ccc(-c6cncc(C#N)c6)cc5)c5ccccc5c34)cc2)c1. The van der Waals surface area contributed by atoms with Crippen LogP contribution in [-0.2, 0) is 0 Å². The zero-order chi connectivity index (χ0) is 30.3. The molecule has 208 valence electrons. The highest BCUT2D eigenvalue weighted by molar-refractivity contribution is 7.26. The van der Waals surface area contributed by atoms with Gasteiger partial charge in [-0.25, -0.2) is 0 Å². The van der Waals surface area contributed by atoms with Crippen molar-refractivity contribution in [3.05, 3.63) is 145 Å². The molecule has 0 radical (unpaired) electrons. The number of hydrogen-bond acceptors (Lipinski definition) is 5. The van der Waals surface area contributed by atoms with E-state index in [1.807, 2.05) is 23.5 Å². The van der Waals surface area contributed by atoms with Crippen LogP contribution in [0.5, 0.6) is 0 Å². The third kappa shape index (κ3) is 4.69. The van der Waals surface area contributed by atoms with E-state index in [4.69, 9.17) is 0 Å². The van der Waals surface area contributed by atoms with Crippen LogP contribution in [0.4, 0.5) is 0 Å². The molecule has 45 heavy (non-hydrogen) atoms. The number of fused-ring (bicyclic) bond motifs is 5. The van der Waals surface area contributed by atoms with E-state index < -0.39 is 0 Å². The van der Waals surface area contributed by atoms with E-state index in [0.717, 1.165) is 33.4 Å². The number of benzene rings is 5. The fourth-order valence-electron chi connectivity index (χ4n) is 6.07. The maximum Gasteiger partial charge on any atom is 0.101 e. The predicted molar refractivity (Wildman–Crippen MR) is 184 cm³/mol. The summed E-state index contributed by atoms with van der Waals surface area (Å²) in [5, 5.41) is 23.5. The number of pyridine rings is 2. The fourth-order valence-corrected chi connectivity index (χ4v) is 7.28. The average molecular weight is 591 g/mol. The summed E-state index contributed by atoms with van der Waals surface area (Å²) in [5.41, 5.74) is 9.69. The highest BCUT2D eigenvalue weighted by Gasteiger charge is 2.15. The lowest BCUT2D eigenvalue weighted by Crippen LogP contribution is -1.85. The van der Waals surface area contributed by atoms with Crippen LogP contribution in [0.15, 0.2) is 134 Å². The van der Waals surface area contributed by atoms with Gasteiger partial charge in [0, 0.05) is 56.1 Å². The number of hydrogen-bond donors (Lipinski definition) is 0. The predicted octanol–water partition coefficient (Wildman–Crippen LogP) is 10.4. The lowest BCUT2D eigenvalue weighted by molar-refractivity contribution is 1.30. The van der Waals surface area contributed by atoms with Crippen molar-refractivity contribution in [3.8, 4) is 56.6 Å². The summed E-state index contributed by atoms with van der Waals surface area (Å²) < 4.78 is 2.51. The molecule has 5 heteroatoms. The van der Waals surface area contributed by atoms with Crippen LogP contribution >= 0.6 is 11.3 Å². The third-order valence-electron chi connectivity index (χ3n) is 8.29. The van der Waals surface area contributed by atoms with Crippen LogP contribution in [0.2, 0.25) is 0 Å². The molecule has 0 aliphatic rings. The molecule has 0 fully saturated rings. The van der Waals surface area contributed by atoms with Crippen molar-refractivity contribution in [2.24, 2.45) is 0 Å². The molecule has 0 amide bonds. The second-order valence-electron chi connectivity index (χ2n) is 11.0. The minimum absolute atomic E-state index is 0.554. The Balaban J connectivity index is 1.19. The summed E-state index contributed by atoms with van der Waals surface area (Å²) in [4.78, 5) is 8.43. The van der Waals surface area contributed by atoms with Gasteiger partial charge in [-0.15, -0.1) is 11.3 Å². The molecule has 0 aliphatic heterocycles. The van der Waals surface area contributed by atoms with E-state index in [2.05, 4.69) is 119 Å². The summed E-state index contributed by atoms with van der Waals surface area (Å²) in [5.74, 6) is 0. The highest BCUT2D eigenvalue weighted by Crippen LogP contribution is 2.44. The molecular weight excluding hydrogens is 569 g/mol. The molecule has 0 atom stereocenters. The maximum atomic E-state index is 9.28. The molecule has 3 aromatic heterocycles. The number of nitriles is 2. The van der Waals surface area contributed by atoms with Crippen LogP contribution in [0.3, 0.4) is 0 Å². The van der Waals surface area contributed by atoms with Crippen LogP contribution in [0.25, 0.3) is 75.5 Å². The number of nitrogens with zero attached hydrogens (tertiary/aromatic N) is 4. The first-order valence-corrected chi connectivity index (χ1v) is 15.3. The Kier molecular flexibility index (Phi) is 6.38. The lowest BCUT2D eigenvalue weighted by atomic mass is 9.93. The molecule has 8 rings (SSSR count). The van der Waals surface area contributed by atoms with Crippen molar-refractivity contribution in [2.75, 3.05) is 0 Å². The van der Waals surface area contributed by atoms with Crippen LogP contribution in [0.1, 0.15) is 11.1 Å². The quantitative estimate of drug-likeness (QED) is 0.204. The molecule has 0 saturated heterocycles. The number of thiophene rings is 1. The van der Waals surface area contributed by atoms with E-state index in [0.29, 0.717) is 11.1 Å². The minimum atomic E-state index is 0.554. The Morgan fingerprint density at radius 2 is 0.978 bits per heavy atom. The van der Waals surface area contributed by atoms with E-state index in [1.165, 1.54) is 42.1 Å². The van der Waals surface area contributed by atoms with Gasteiger partial charge in [0.1, 0.15) is 12.1 Å². The Morgan fingerprint density at radius 3 is 1.58 bits per heavy atom. The van der Waals surface area contributed by atoms with Gasteiger partial charge in [-0.05, 0) is 68.4 Å². The second kappa shape index (κ2) is 10.8. The van der Waals surface area contributed by atoms with Crippen molar-refractivity contribution in [3.63, 3.8) is 0 Å². The first-order chi connectivity index (χ1) is 22.2. The van der Waals surface area contributed by atoms with Crippen LogP contribution < -0.4 is 0 Å². The van der Waals surface area contributed by atoms with Crippen molar-refractivity contribution in [1.82, 2.24) is 9.97 Å². The third-order valence-corrected chi connectivity index (χ3v) is 9.39. The molecule has 0 bridgehead atoms. The summed E-state index contributed by atoms with van der Waals surface area (Å²) in [6.45, 7) is 0. The van der Waals surface area contributed by atoms with Gasteiger partial charge < -0.3 is 0 Å². The first kappa shape index (κ1) is 26.5. The van der Waals surface area contributed by atoms with Gasteiger partial charge >= 0.3 is 0 Å². The average Bonchev–Trinajstić information content (AvgIpc) is 3.49. The van der Waals surface area contributed by atoms with Crippen molar-refractivity contribution in [2.45, 2.75) is 0 Å². The second-order valence-corrected chi connectivity index (χ2v) is 12.0. The van der Waals surface area contributed by atoms with Crippen LogP contribution in [-0.4, -0.2) is 9.97 Å². The molecule has 8 aromatic rings. The Bertz CT molecular complexity index is 2500. The summed E-state index contributed by atoms with van der Waals surface area (Å²) in [7, 11) is 0. The van der Waals surface area contributed by atoms with Gasteiger partial charge in [0.2, 0.25) is 0 Å². The maximum absolute atomic E-state index is 9.28. The molecule has 0 unspecified atom stereocenters. The number of rotatable bonds is 4. The van der Waals surface area contributed by atoms with E-state index >= 15 is 0 Å². The van der Waals surface area contributed by atoms with Gasteiger partial charge in [0.05, 0.1) is 11.1 Å². The van der Waals surface area contributed by atoms with E-state index in [-0.39, 0.29) is 0 Å². The monoisotopic (exact) mass is 590 g/mol. The molecular formula is C40H22N4S. The van der Waals surface area contributed by atoms with Crippen molar-refractivity contribution >= 4 is 42.3 Å². The zero-order valence-electron chi connectivity index (χ0n) is 23.9. The standard InChI is InChI=1S/C40H22N4S/c41-19-25-15-32(23-43-21-25)28-7-5-27(6-8-28)31-13-14-36-38(17-31)45-39-18-37(34-3-1-2-4-35(34)40(36)39)30-11-9-29(10-12-30)33-16-26(20-42)22-44-24-33/h1-18,21-24H. The first-order valence-electron chi connectivity index (χ1n) is 14.5. The summed E-state index contributed by atoms with van der Waals surface area (Å²) in [6, 6.07) is 42.8. The molecule has 0 saturated carbocycles. The Morgan fingerprint density at radius 1 is 0.444 bits per heavy atom. The zero-order valence-corrected chi connectivity index (χ0v) is 24.7. The minimum Gasteiger partial charge on any atom is -0.263 e. The summed E-state index contributed by atoms with van der Waals surface area (Å²) in [6.07, 6.45) is 6.75. The van der Waals surface area contributed by atoms with Crippen LogP contribution in [0, 0.1) is 22.7 Å². The van der Waals surface area contributed by atoms with E-state index in [1.54, 1.807) is 24.8 Å². The molecule has 5 aromatic carbocycles. The van der Waals surface area contributed by atoms with Crippen molar-refractivity contribution < 1.29 is 0 Å². The van der Waals surface area contributed by atoms with Gasteiger partial charge in [-0.3, -0.25) is 9.97 Å².